The van der Waals surface area contributed by atoms with E-state index in [4.69, 9.17) is 5.73 Å². The van der Waals surface area contributed by atoms with Crippen LogP contribution in [0.5, 0.6) is 0 Å². The molecule has 0 radical (unpaired) electrons. The second-order valence-corrected chi connectivity index (χ2v) is 4.40. The second kappa shape index (κ2) is 6.11. The van der Waals surface area contributed by atoms with Crippen molar-refractivity contribution in [1.29, 1.82) is 0 Å². The topological polar surface area (TPSA) is 68.0 Å². The lowest BCUT2D eigenvalue weighted by molar-refractivity contribution is -0.123. The maximum Gasteiger partial charge on any atom is 0.241 e. The molecule has 98 valence electrons. The molecule has 2 aromatic rings. The highest BCUT2D eigenvalue weighted by atomic mass is 16.2. The Hall–Kier alpha value is -2.20. The summed E-state index contributed by atoms with van der Waals surface area (Å²) in [6, 6.07) is 12.3. The van der Waals surface area contributed by atoms with Gasteiger partial charge in [-0.1, -0.05) is 36.4 Å². The van der Waals surface area contributed by atoms with Crippen LogP contribution in [-0.2, 0) is 4.79 Å². The van der Waals surface area contributed by atoms with Crippen LogP contribution in [-0.4, -0.2) is 10.9 Å². The Bertz CT molecular complexity index is 528. The minimum atomic E-state index is -0.652. The van der Waals surface area contributed by atoms with E-state index in [1.54, 1.807) is 12.4 Å². The van der Waals surface area contributed by atoms with Crippen LogP contribution in [0.25, 0.3) is 0 Å². The maximum atomic E-state index is 12.1. The highest BCUT2D eigenvalue weighted by Gasteiger charge is 2.17. The fourth-order valence-corrected chi connectivity index (χ4v) is 1.83. The number of hydrogen-bond donors (Lipinski definition) is 2. The van der Waals surface area contributed by atoms with Crippen molar-refractivity contribution in [2.45, 2.75) is 19.0 Å². The molecule has 0 spiro atoms. The summed E-state index contributed by atoms with van der Waals surface area (Å²) < 4.78 is 0. The van der Waals surface area contributed by atoms with Crippen molar-refractivity contribution in [3.63, 3.8) is 0 Å². The lowest BCUT2D eigenvalue weighted by Gasteiger charge is -2.17. The first kappa shape index (κ1) is 13.2. The van der Waals surface area contributed by atoms with E-state index in [0.29, 0.717) is 0 Å². The minimum Gasteiger partial charge on any atom is -0.348 e. The predicted octanol–water partition coefficient (Wildman–Crippen LogP) is 1.96. The first-order valence-electron chi connectivity index (χ1n) is 6.19. The number of nitrogens with one attached hydrogen (secondary N) is 1. The third kappa shape index (κ3) is 3.39. The third-order valence-corrected chi connectivity index (χ3v) is 2.98. The van der Waals surface area contributed by atoms with Gasteiger partial charge in [-0.2, -0.15) is 0 Å². The molecule has 1 amide bonds. The molecule has 4 heteroatoms. The number of nitrogens with zero attached hydrogens (tertiary/aromatic N) is 1. The van der Waals surface area contributed by atoms with Gasteiger partial charge in [-0.25, -0.2) is 0 Å². The third-order valence-electron chi connectivity index (χ3n) is 2.98. The summed E-state index contributed by atoms with van der Waals surface area (Å²) in [5.74, 6) is -0.192. The molecular weight excluding hydrogens is 238 g/mol. The van der Waals surface area contributed by atoms with Gasteiger partial charge in [-0.15, -0.1) is 0 Å². The van der Waals surface area contributed by atoms with Crippen LogP contribution >= 0.6 is 0 Å². The number of hydrogen-bond acceptors (Lipinski definition) is 3. The number of aromatic nitrogens is 1. The molecule has 2 rings (SSSR count). The van der Waals surface area contributed by atoms with Crippen molar-refractivity contribution in [1.82, 2.24) is 10.3 Å². The standard InChI is InChI=1S/C15H17N3O/c1-11(13-8-5-9-17-10-13)18-15(19)14(16)12-6-3-2-4-7-12/h2-11,14H,16H2,1H3,(H,18,19)/t11-,14?/m1/s1. The Morgan fingerprint density at radius 3 is 2.47 bits per heavy atom. The molecule has 0 aliphatic carbocycles. The van der Waals surface area contributed by atoms with Crippen LogP contribution in [0.1, 0.15) is 30.1 Å². The van der Waals surface area contributed by atoms with Crippen molar-refractivity contribution < 1.29 is 4.79 Å². The zero-order valence-electron chi connectivity index (χ0n) is 10.8. The predicted molar refractivity (Wildman–Crippen MR) is 74.2 cm³/mol. The van der Waals surface area contributed by atoms with E-state index in [0.717, 1.165) is 11.1 Å². The number of carbonyl (C=O) groups is 1. The minimum absolute atomic E-state index is 0.115. The van der Waals surface area contributed by atoms with E-state index in [1.165, 1.54) is 0 Å². The monoisotopic (exact) mass is 255 g/mol. The molecule has 1 aromatic heterocycles. The summed E-state index contributed by atoms with van der Waals surface area (Å²) in [5.41, 5.74) is 7.70. The fourth-order valence-electron chi connectivity index (χ4n) is 1.83. The average Bonchev–Trinajstić information content (AvgIpc) is 2.48. The quantitative estimate of drug-likeness (QED) is 0.877. The summed E-state index contributed by atoms with van der Waals surface area (Å²) in [7, 11) is 0. The van der Waals surface area contributed by atoms with Crippen molar-refractivity contribution in [3.8, 4) is 0 Å². The molecule has 1 unspecified atom stereocenters. The number of nitrogens with two attached hydrogens (primary N) is 1. The normalized spacial score (nSPS) is 13.6. The first-order valence-corrected chi connectivity index (χ1v) is 6.19. The Balaban J connectivity index is 2.02. The van der Waals surface area contributed by atoms with Gasteiger partial charge in [-0.05, 0) is 24.1 Å². The largest absolute Gasteiger partial charge is 0.348 e. The van der Waals surface area contributed by atoms with Gasteiger partial charge in [0.25, 0.3) is 0 Å². The summed E-state index contributed by atoms with van der Waals surface area (Å²) >= 11 is 0. The van der Waals surface area contributed by atoms with Gasteiger partial charge in [0.2, 0.25) is 5.91 Å². The van der Waals surface area contributed by atoms with Gasteiger partial charge >= 0.3 is 0 Å². The first-order chi connectivity index (χ1) is 9.18. The zero-order valence-corrected chi connectivity index (χ0v) is 10.8. The summed E-state index contributed by atoms with van der Waals surface area (Å²) in [6.07, 6.45) is 3.44. The lowest BCUT2D eigenvalue weighted by Crippen LogP contribution is -2.35. The summed E-state index contributed by atoms with van der Waals surface area (Å²) in [5, 5.41) is 2.89. The number of amides is 1. The average molecular weight is 255 g/mol. The maximum absolute atomic E-state index is 12.1. The van der Waals surface area contributed by atoms with Gasteiger partial charge in [-0.3, -0.25) is 9.78 Å². The van der Waals surface area contributed by atoms with E-state index in [9.17, 15) is 4.79 Å². The van der Waals surface area contributed by atoms with Crippen LogP contribution < -0.4 is 11.1 Å². The van der Waals surface area contributed by atoms with Gasteiger partial charge in [0.1, 0.15) is 6.04 Å². The van der Waals surface area contributed by atoms with Gasteiger partial charge in [0.05, 0.1) is 6.04 Å². The van der Waals surface area contributed by atoms with E-state index in [1.807, 2.05) is 49.4 Å². The molecule has 0 aliphatic heterocycles. The molecule has 0 fully saturated rings. The number of carbonyl (C=O) groups excluding carboxylic acids is 1. The Morgan fingerprint density at radius 2 is 1.84 bits per heavy atom. The zero-order chi connectivity index (χ0) is 13.7. The Morgan fingerprint density at radius 1 is 1.16 bits per heavy atom. The van der Waals surface area contributed by atoms with Crippen LogP contribution in [0.4, 0.5) is 0 Å². The van der Waals surface area contributed by atoms with Crippen molar-refractivity contribution >= 4 is 5.91 Å². The Kier molecular flexibility index (Phi) is 4.26. The molecule has 0 bridgehead atoms. The molecule has 4 nitrogen and oxygen atoms in total. The van der Waals surface area contributed by atoms with E-state index >= 15 is 0 Å². The van der Waals surface area contributed by atoms with Crippen LogP contribution in [0.3, 0.4) is 0 Å². The molecule has 0 saturated carbocycles. The molecule has 1 aromatic carbocycles. The van der Waals surface area contributed by atoms with Crippen molar-refractivity contribution in [2.24, 2.45) is 5.73 Å². The van der Waals surface area contributed by atoms with Crippen molar-refractivity contribution in [3.05, 3.63) is 66.0 Å². The van der Waals surface area contributed by atoms with E-state index in [-0.39, 0.29) is 11.9 Å². The molecular formula is C15H17N3O. The van der Waals surface area contributed by atoms with Crippen LogP contribution in [0, 0.1) is 0 Å². The van der Waals surface area contributed by atoms with Gasteiger partial charge in [0, 0.05) is 12.4 Å². The van der Waals surface area contributed by atoms with E-state index in [2.05, 4.69) is 10.3 Å². The molecule has 1 heterocycles. The molecule has 2 atom stereocenters. The Labute approximate surface area is 112 Å². The van der Waals surface area contributed by atoms with E-state index < -0.39 is 6.04 Å². The highest BCUT2D eigenvalue weighted by Crippen LogP contribution is 2.14. The van der Waals surface area contributed by atoms with Crippen molar-refractivity contribution in [2.75, 3.05) is 0 Å². The molecule has 19 heavy (non-hydrogen) atoms. The number of benzene rings is 1. The highest BCUT2D eigenvalue weighted by molar-refractivity contribution is 5.83. The smallest absolute Gasteiger partial charge is 0.241 e. The molecule has 0 aliphatic rings. The molecule has 0 saturated heterocycles. The summed E-state index contributed by atoms with van der Waals surface area (Å²) in [4.78, 5) is 16.1. The van der Waals surface area contributed by atoms with Crippen LogP contribution in [0.2, 0.25) is 0 Å². The number of rotatable bonds is 4. The lowest BCUT2D eigenvalue weighted by atomic mass is 10.1. The number of pyridine rings is 1. The molecule has 3 N–H and O–H groups in total. The second-order valence-electron chi connectivity index (χ2n) is 4.40. The fraction of sp³-hybridized carbons (Fsp3) is 0.200. The SMILES string of the molecule is C[C@@H](NC(=O)C(N)c1ccccc1)c1cccnc1. The van der Waals surface area contributed by atoms with Gasteiger partial charge in [0.15, 0.2) is 0 Å². The van der Waals surface area contributed by atoms with Crippen LogP contribution in [0.15, 0.2) is 54.9 Å². The summed E-state index contributed by atoms with van der Waals surface area (Å²) in [6.45, 7) is 1.91. The van der Waals surface area contributed by atoms with Gasteiger partial charge < -0.3 is 11.1 Å².